The molecule has 1 rings (SSSR count). The van der Waals surface area contributed by atoms with E-state index < -0.39 is 15.1 Å². The fourth-order valence-electron chi connectivity index (χ4n) is 1.53. The predicted molar refractivity (Wildman–Crippen MR) is 84.4 cm³/mol. The van der Waals surface area contributed by atoms with Crippen LogP contribution >= 0.6 is 11.8 Å². The third-order valence-corrected chi connectivity index (χ3v) is 4.63. The molecule has 21 heavy (non-hydrogen) atoms. The molecule has 1 aromatic carbocycles. The molecular formula is C13H16N2O4S2. The Morgan fingerprint density at radius 1 is 1.29 bits per heavy atom. The molecule has 0 aromatic heterocycles. The van der Waals surface area contributed by atoms with Gasteiger partial charge in [0.2, 0.25) is 0 Å². The number of thioether (sulfide) groups is 1. The van der Waals surface area contributed by atoms with Gasteiger partial charge in [-0.1, -0.05) is 0 Å². The lowest BCUT2D eigenvalue weighted by molar-refractivity contribution is 0.394. The Kier molecular flexibility index (Phi) is 6.05. The molecule has 0 aliphatic rings. The van der Waals surface area contributed by atoms with Crippen LogP contribution < -0.4 is 9.47 Å². The Morgan fingerprint density at radius 2 is 1.81 bits per heavy atom. The molecule has 0 heterocycles. The van der Waals surface area contributed by atoms with Crippen molar-refractivity contribution in [3.05, 3.63) is 18.2 Å². The number of nitrogens with zero attached hydrogens (tertiary/aromatic N) is 2. The van der Waals surface area contributed by atoms with E-state index in [0.717, 1.165) is 18.0 Å². The summed E-state index contributed by atoms with van der Waals surface area (Å²) < 4.78 is 33.5. The van der Waals surface area contributed by atoms with E-state index in [1.54, 1.807) is 30.5 Å². The molecule has 0 amide bonds. The molecule has 0 saturated heterocycles. The third kappa shape index (κ3) is 4.65. The van der Waals surface area contributed by atoms with Gasteiger partial charge in [0.15, 0.2) is 15.1 Å². The van der Waals surface area contributed by atoms with E-state index in [2.05, 4.69) is 4.99 Å². The molecule has 0 aliphatic carbocycles. The summed E-state index contributed by atoms with van der Waals surface area (Å²) in [6, 6.07) is 6.71. The van der Waals surface area contributed by atoms with Crippen molar-refractivity contribution in [1.82, 2.24) is 0 Å². The number of methoxy groups -OCH3 is 2. The number of nitriles is 1. The van der Waals surface area contributed by atoms with E-state index in [1.807, 2.05) is 0 Å². The zero-order valence-corrected chi connectivity index (χ0v) is 13.8. The van der Waals surface area contributed by atoms with Gasteiger partial charge in [-0.3, -0.25) is 0 Å². The average molecular weight is 328 g/mol. The van der Waals surface area contributed by atoms with E-state index in [-0.39, 0.29) is 5.04 Å². The summed E-state index contributed by atoms with van der Waals surface area (Å²) in [6.45, 7) is 0. The van der Waals surface area contributed by atoms with Crippen molar-refractivity contribution in [3.63, 3.8) is 0 Å². The molecule has 0 radical (unpaired) electrons. The third-order valence-electron chi connectivity index (χ3n) is 2.55. The molecule has 0 saturated carbocycles. The van der Waals surface area contributed by atoms with E-state index in [1.165, 1.54) is 14.2 Å². The summed E-state index contributed by atoms with van der Waals surface area (Å²) in [5.74, 6) is 1.06. The number of hydrogen-bond donors (Lipinski definition) is 0. The standard InChI is InChI=1S/C13H16N2O4S2/c1-18-10-5-9(6-11(7-10)19-2)15-13(20-3)12(8-14)21(4,16)17/h5-7,12H,1-4H3. The van der Waals surface area contributed by atoms with Gasteiger partial charge in [-0.05, 0) is 6.26 Å². The van der Waals surface area contributed by atoms with Crippen LogP contribution in [0.5, 0.6) is 11.5 Å². The van der Waals surface area contributed by atoms with Crippen molar-refractivity contribution in [3.8, 4) is 17.6 Å². The van der Waals surface area contributed by atoms with Crippen molar-refractivity contribution in [2.45, 2.75) is 5.25 Å². The van der Waals surface area contributed by atoms with Gasteiger partial charge in [-0.15, -0.1) is 11.8 Å². The predicted octanol–water partition coefficient (Wildman–Crippen LogP) is 2.03. The first-order chi connectivity index (χ1) is 9.85. The number of aliphatic imine (C=N–C) groups is 1. The van der Waals surface area contributed by atoms with Crippen LogP contribution in [0.4, 0.5) is 5.69 Å². The average Bonchev–Trinajstić information content (AvgIpc) is 2.44. The van der Waals surface area contributed by atoms with Crippen LogP contribution in [0.3, 0.4) is 0 Å². The molecule has 8 heteroatoms. The minimum absolute atomic E-state index is 0.204. The zero-order chi connectivity index (χ0) is 16.0. The molecule has 0 fully saturated rings. The van der Waals surface area contributed by atoms with Gasteiger partial charge in [0.1, 0.15) is 16.5 Å². The normalized spacial score (nSPS) is 13.4. The van der Waals surface area contributed by atoms with Gasteiger partial charge in [0, 0.05) is 24.5 Å². The first-order valence-electron chi connectivity index (χ1n) is 5.79. The molecule has 6 nitrogen and oxygen atoms in total. The van der Waals surface area contributed by atoms with Crippen LogP contribution in [0, 0.1) is 11.3 Å². The summed E-state index contributed by atoms with van der Waals surface area (Å²) in [5, 5.41) is 7.99. The minimum atomic E-state index is -3.55. The van der Waals surface area contributed by atoms with Gasteiger partial charge < -0.3 is 9.47 Å². The number of benzene rings is 1. The Labute approximate surface area is 128 Å². The zero-order valence-electron chi connectivity index (χ0n) is 12.2. The molecule has 1 unspecified atom stereocenters. The first kappa shape index (κ1) is 17.3. The molecule has 1 aromatic rings. The van der Waals surface area contributed by atoms with Crippen molar-refractivity contribution >= 4 is 32.3 Å². The topological polar surface area (TPSA) is 88.8 Å². The second-order valence-electron chi connectivity index (χ2n) is 4.06. The van der Waals surface area contributed by atoms with Crippen molar-refractivity contribution in [2.75, 3.05) is 26.7 Å². The van der Waals surface area contributed by atoms with Crippen LogP contribution in [-0.4, -0.2) is 45.4 Å². The highest BCUT2D eigenvalue weighted by molar-refractivity contribution is 8.15. The van der Waals surface area contributed by atoms with Crippen LogP contribution in [0.15, 0.2) is 23.2 Å². The number of ether oxygens (including phenoxy) is 2. The molecular weight excluding hydrogens is 312 g/mol. The summed E-state index contributed by atoms with van der Waals surface area (Å²) in [7, 11) is -0.540. The van der Waals surface area contributed by atoms with E-state index in [9.17, 15) is 8.42 Å². The Balaban J connectivity index is 3.34. The van der Waals surface area contributed by atoms with Crippen molar-refractivity contribution in [1.29, 1.82) is 5.26 Å². The highest BCUT2D eigenvalue weighted by Gasteiger charge is 2.26. The Bertz CT molecular complexity index is 656. The highest BCUT2D eigenvalue weighted by Crippen LogP contribution is 2.29. The second-order valence-corrected chi connectivity index (χ2v) is 7.02. The van der Waals surface area contributed by atoms with Gasteiger partial charge >= 0.3 is 0 Å². The lowest BCUT2D eigenvalue weighted by atomic mass is 10.3. The first-order valence-corrected chi connectivity index (χ1v) is 8.97. The summed E-state index contributed by atoms with van der Waals surface area (Å²) >= 11 is 1.12. The SMILES string of the molecule is COc1cc(N=C(SC)C(C#N)S(C)(=O)=O)cc(OC)c1. The van der Waals surface area contributed by atoms with E-state index in [0.29, 0.717) is 17.2 Å². The maximum absolute atomic E-state index is 11.6. The van der Waals surface area contributed by atoms with E-state index >= 15 is 0 Å². The van der Waals surface area contributed by atoms with Crippen LogP contribution in [0.2, 0.25) is 0 Å². The van der Waals surface area contributed by atoms with Gasteiger partial charge in [0.05, 0.1) is 26.0 Å². The van der Waals surface area contributed by atoms with Crippen molar-refractivity contribution < 1.29 is 17.9 Å². The van der Waals surface area contributed by atoms with Crippen LogP contribution in [0.1, 0.15) is 0 Å². The van der Waals surface area contributed by atoms with Gasteiger partial charge in [-0.2, -0.15) is 5.26 Å². The summed E-state index contributed by atoms with van der Waals surface area (Å²) in [6.07, 6.45) is 2.69. The second kappa shape index (κ2) is 7.33. The van der Waals surface area contributed by atoms with Gasteiger partial charge in [0.25, 0.3) is 0 Å². The fourth-order valence-corrected chi connectivity index (χ4v) is 3.42. The van der Waals surface area contributed by atoms with Gasteiger partial charge in [-0.25, -0.2) is 13.4 Å². The number of sulfone groups is 1. The molecule has 0 spiro atoms. The molecule has 114 valence electrons. The quantitative estimate of drug-likeness (QED) is 0.607. The lowest BCUT2D eigenvalue weighted by Crippen LogP contribution is -2.25. The molecule has 0 N–H and O–H groups in total. The molecule has 0 bridgehead atoms. The largest absolute Gasteiger partial charge is 0.497 e. The highest BCUT2D eigenvalue weighted by atomic mass is 32.2. The molecule has 0 aliphatic heterocycles. The fraction of sp³-hybridized carbons (Fsp3) is 0.385. The number of rotatable bonds is 5. The van der Waals surface area contributed by atoms with Crippen LogP contribution in [-0.2, 0) is 9.84 Å². The summed E-state index contributed by atoms with van der Waals surface area (Å²) in [5.41, 5.74) is 0.458. The molecule has 1 atom stereocenters. The van der Waals surface area contributed by atoms with E-state index in [4.69, 9.17) is 14.7 Å². The maximum Gasteiger partial charge on any atom is 0.195 e. The lowest BCUT2D eigenvalue weighted by Gasteiger charge is -2.10. The maximum atomic E-state index is 11.6. The Hall–Kier alpha value is -1.72. The minimum Gasteiger partial charge on any atom is -0.497 e. The van der Waals surface area contributed by atoms with Crippen LogP contribution in [0.25, 0.3) is 0 Å². The monoisotopic (exact) mass is 328 g/mol. The van der Waals surface area contributed by atoms with Crippen molar-refractivity contribution in [2.24, 2.45) is 4.99 Å². The number of hydrogen-bond acceptors (Lipinski definition) is 7. The Morgan fingerprint density at radius 3 is 2.14 bits per heavy atom. The smallest absolute Gasteiger partial charge is 0.195 e. The summed E-state index contributed by atoms with van der Waals surface area (Å²) in [4.78, 5) is 4.25.